The van der Waals surface area contributed by atoms with Gasteiger partial charge in [0, 0.05) is 38.6 Å². The monoisotopic (exact) mass is 703 g/mol. The summed E-state index contributed by atoms with van der Waals surface area (Å²) in [4.78, 5) is 15.7. The third-order valence-corrected chi connectivity index (χ3v) is 10.1. The molecule has 0 saturated carbocycles. The molecule has 55 heavy (non-hydrogen) atoms. The van der Waals surface area contributed by atoms with Crippen molar-refractivity contribution in [1.29, 1.82) is 0 Å². The van der Waals surface area contributed by atoms with Crippen LogP contribution in [0.1, 0.15) is 0 Å². The molecule has 258 valence electrons. The zero-order valence-electron chi connectivity index (χ0n) is 29.8. The first-order valence-corrected chi connectivity index (χ1v) is 18.4. The maximum atomic E-state index is 6.97. The van der Waals surface area contributed by atoms with Gasteiger partial charge < -0.3 is 4.42 Å². The number of hydrogen-bond donors (Lipinski definition) is 0. The molecule has 0 aliphatic heterocycles. The molecule has 4 nitrogen and oxygen atoms in total. The summed E-state index contributed by atoms with van der Waals surface area (Å²) in [7, 11) is 0. The first-order valence-electron chi connectivity index (χ1n) is 18.4. The van der Waals surface area contributed by atoms with Crippen LogP contribution in [0.4, 0.5) is 0 Å². The second-order valence-corrected chi connectivity index (χ2v) is 13.6. The van der Waals surface area contributed by atoms with E-state index in [9.17, 15) is 0 Å². The molecule has 2 heterocycles. The Morgan fingerprint density at radius 2 is 0.673 bits per heavy atom. The molecule has 0 atom stereocenters. The maximum Gasteiger partial charge on any atom is 0.164 e. The fourth-order valence-corrected chi connectivity index (χ4v) is 7.47. The lowest BCUT2D eigenvalue weighted by atomic mass is 9.96. The van der Waals surface area contributed by atoms with E-state index in [4.69, 9.17) is 19.4 Å². The molecular weight excluding hydrogens is 671 g/mol. The van der Waals surface area contributed by atoms with Gasteiger partial charge in [0.1, 0.15) is 11.2 Å². The second kappa shape index (κ2) is 13.8. The van der Waals surface area contributed by atoms with Crippen LogP contribution in [-0.2, 0) is 0 Å². The predicted molar refractivity (Wildman–Crippen MR) is 225 cm³/mol. The van der Waals surface area contributed by atoms with Crippen molar-refractivity contribution in [2.45, 2.75) is 0 Å². The zero-order valence-corrected chi connectivity index (χ0v) is 29.8. The molecule has 0 N–H and O–H groups in total. The lowest BCUT2D eigenvalue weighted by Crippen LogP contribution is -2.01. The molecule has 8 aromatic carbocycles. The van der Waals surface area contributed by atoms with Crippen LogP contribution in [0, 0.1) is 0 Å². The van der Waals surface area contributed by atoms with E-state index in [1.807, 2.05) is 24.3 Å². The first-order chi connectivity index (χ1) is 27.3. The minimum Gasteiger partial charge on any atom is -0.455 e. The highest BCUT2D eigenvalue weighted by Gasteiger charge is 2.22. The number of nitrogens with zero attached hydrogens (tertiary/aromatic N) is 3. The quantitative estimate of drug-likeness (QED) is 0.166. The molecule has 0 aliphatic carbocycles. The molecule has 10 aromatic rings. The van der Waals surface area contributed by atoms with Gasteiger partial charge in [-0.15, -0.1) is 0 Å². The number of para-hydroxylation sites is 1. The first kappa shape index (κ1) is 32.2. The van der Waals surface area contributed by atoms with Crippen LogP contribution in [-0.4, -0.2) is 15.0 Å². The highest BCUT2D eigenvalue weighted by Crippen LogP contribution is 2.44. The highest BCUT2D eigenvalue weighted by molar-refractivity contribution is 6.18. The number of aromatic nitrogens is 3. The maximum absolute atomic E-state index is 6.97. The van der Waals surface area contributed by atoms with Crippen molar-refractivity contribution >= 4 is 21.9 Å². The van der Waals surface area contributed by atoms with E-state index in [1.54, 1.807) is 0 Å². The Balaban J connectivity index is 1.24. The minimum atomic E-state index is 0.577. The van der Waals surface area contributed by atoms with Gasteiger partial charge in [-0.2, -0.15) is 0 Å². The molecule has 0 saturated heterocycles. The number of benzene rings is 8. The van der Waals surface area contributed by atoms with E-state index in [0.29, 0.717) is 17.5 Å². The van der Waals surface area contributed by atoms with E-state index in [0.717, 1.165) is 83.1 Å². The van der Waals surface area contributed by atoms with Crippen molar-refractivity contribution in [2.75, 3.05) is 0 Å². The SMILES string of the molecule is c1ccc(-c2cccc(-c3nc(-c4cccc(-c5ccccc5)c4)nc(-c4ccc(-c5ccccc5)c5oc6c(-c7ccccc7)cccc6c45)n3)c2)cc1. The molecule has 0 spiro atoms. The zero-order chi connectivity index (χ0) is 36.6. The number of fused-ring (bicyclic) bond motifs is 3. The topological polar surface area (TPSA) is 51.8 Å². The lowest BCUT2D eigenvalue weighted by molar-refractivity contribution is 0.671. The van der Waals surface area contributed by atoms with Crippen LogP contribution in [0.3, 0.4) is 0 Å². The van der Waals surface area contributed by atoms with Gasteiger partial charge in [0.25, 0.3) is 0 Å². The average molecular weight is 704 g/mol. The molecule has 0 bridgehead atoms. The minimum absolute atomic E-state index is 0.577. The molecular formula is C51H33N3O. The Morgan fingerprint density at radius 3 is 1.20 bits per heavy atom. The van der Waals surface area contributed by atoms with Gasteiger partial charge in [-0.25, -0.2) is 15.0 Å². The number of hydrogen-bond acceptors (Lipinski definition) is 4. The van der Waals surface area contributed by atoms with Crippen LogP contribution in [0.5, 0.6) is 0 Å². The lowest BCUT2D eigenvalue weighted by Gasteiger charge is -2.12. The number of rotatable bonds is 7. The predicted octanol–water partition coefficient (Wildman–Crippen LogP) is 13.4. The highest BCUT2D eigenvalue weighted by atomic mass is 16.3. The third-order valence-electron chi connectivity index (χ3n) is 10.1. The fourth-order valence-electron chi connectivity index (χ4n) is 7.47. The van der Waals surface area contributed by atoms with Crippen LogP contribution in [0.25, 0.3) is 101 Å². The van der Waals surface area contributed by atoms with Crippen LogP contribution < -0.4 is 0 Å². The van der Waals surface area contributed by atoms with Crippen molar-refractivity contribution in [3.05, 3.63) is 200 Å². The molecule has 0 amide bonds. The molecule has 0 aliphatic rings. The van der Waals surface area contributed by atoms with E-state index in [-0.39, 0.29) is 0 Å². The summed E-state index contributed by atoms with van der Waals surface area (Å²) in [6.07, 6.45) is 0. The van der Waals surface area contributed by atoms with Gasteiger partial charge in [-0.3, -0.25) is 0 Å². The average Bonchev–Trinajstić information content (AvgIpc) is 3.67. The summed E-state index contributed by atoms with van der Waals surface area (Å²) in [6, 6.07) is 69.1. The molecule has 4 heteroatoms. The summed E-state index contributed by atoms with van der Waals surface area (Å²) in [6.45, 7) is 0. The van der Waals surface area contributed by atoms with Gasteiger partial charge in [0.05, 0.1) is 0 Å². The van der Waals surface area contributed by atoms with Crippen LogP contribution in [0.2, 0.25) is 0 Å². The molecule has 0 radical (unpaired) electrons. The molecule has 10 rings (SSSR count). The largest absolute Gasteiger partial charge is 0.455 e. The Hall–Kier alpha value is -7.43. The van der Waals surface area contributed by atoms with Gasteiger partial charge in [0.2, 0.25) is 0 Å². The molecule has 0 fully saturated rings. The van der Waals surface area contributed by atoms with Crippen molar-refractivity contribution < 1.29 is 4.42 Å². The van der Waals surface area contributed by atoms with E-state index in [2.05, 4.69) is 176 Å². The summed E-state index contributed by atoms with van der Waals surface area (Å²) in [5.74, 6) is 1.77. The standard InChI is InChI=1S/C51H33N3O/c1-5-16-34(17-6-1)38-24-13-26-40(32-38)49-52-50(41-27-14-25-39(33-41)35-18-7-2-8-19-35)54-51(53-49)45-31-30-43(37-22-11-4-12-23-37)48-46(45)44-29-15-28-42(47(44)55-48)36-20-9-3-10-21-36/h1-33H. The third kappa shape index (κ3) is 6.06. The van der Waals surface area contributed by atoms with E-state index >= 15 is 0 Å². The summed E-state index contributed by atoms with van der Waals surface area (Å²) >= 11 is 0. The molecule has 2 aromatic heterocycles. The molecule has 0 unspecified atom stereocenters. The van der Waals surface area contributed by atoms with Gasteiger partial charge in [-0.1, -0.05) is 176 Å². The van der Waals surface area contributed by atoms with Crippen molar-refractivity contribution in [3.8, 4) is 78.7 Å². The van der Waals surface area contributed by atoms with Crippen molar-refractivity contribution in [3.63, 3.8) is 0 Å². The fraction of sp³-hybridized carbons (Fsp3) is 0. The number of furan rings is 1. The summed E-state index contributed by atoms with van der Waals surface area (Å²) in [5, 5.41) is 1.97. The summed E-state index contributed by atoms with van der Waals surface area (Å²) < 4.78 is 6.97. The van der Waals surface area contributed by atoms with Crippen LogP contribution in [0.15, 0.2) is 205 Å². The Bertz CT molecular complexity index is 2860. The Labute approximate surface area is 319 Å². The second-order valence-electron chi connectivity index (χ2n) is 13.6. The van der Waals surface area contributed by atoms with Crippen LogP contribution >= 0.6 is 0 Å². The van der Waals surface area contributed by atoms with Crippen molar-refractivity contribution in [2.24, 2.45) is 0 Å². The van der Waals surface area contributed by atoms with E-state index in [1.165, 1.54) is 0 Å². The van der Waals surface area contributed by atoms with Gasteiger partial charge >= 0.3 is 0 Å². The Kier molecular flexibility index (Phi) is 8.12. The van der Waals surface area contributed by atoms with Crippen molar-refractivity contribution in [1.82, 2.24) is 15.0 Å². The normalized spacial score (nSPS) is 11.3. The smallest absolute Gasteiger partial charge is 0.164 e. The van der Waals surface area contributed by atoms with Gasteiger partial charge in [-0.05, 0) is 57.6 Å². The van der Waals surface area contributed by atoms with E-state index < -0.39 is 0 Å². The summed E-state index contributed by atoms with van der Waals surface area (Å²) in [5.41, 5.74) is 13.0. The van der Waals surface area contributed by atoms with Gasteiger partial charge in [0.15, 0.2) is 17.5 Å². The Morgan fingerprint density at radius 1 is 0.273 bits per heavy atom.